The zero-order valence-electron chi connectivity index (χ0n) is 10.8. The minimum absolute atomic E-state index is 0.0317. The van der Waals surface area contributed by atoms with Crippen molar-refractivity contribution in [1.82, 2.24) is 0 Å². The molecule has 0 saturated heterocycles. The smallest absolute Gasteiger partial charge is 0.276 e. The van der Waals surface area contributed by atoms with Crippen LogP contribution in [0.2, 0.25) is 0 Å². The molecule has 0 unspecified atom stereocenters. The van der Waals surface area contributed by atoms with Crippen molar-refractivity contribution >= 4 is 45.9 Å². The number of amides is 1. The van der Waals surface area contributed by atoms with Gasteiger partial charge in [0.15, 0.2) is 0 Å². The van der Waals surface area contributed by atoms with E-state index in [-0.39, 0.29) is 11.6 Å². The summed E-state index contributed by atoms with van der Waals surface area (Å²) in [5, 5.41) is 13.5. The van der Waals surface area contributed by atoms with E-state index in [1.165, 1.54) is 18.2 Å². The average Bonchev–Trinajstić information content (AvgIpc) is 2.48. The van der Waals surface area contributed by atoms with Crippen LogP contribution in [0.5, 0.6) is 0 Å². The second-order valence-corrected chi connectivity index (χ2v) is 5.39. The van der Waals surface area contributed by atoms with Gasteiger partial charge in [0.1, 0.15) is 0 Å². The van der Waals surface area contributed by atoms with E-state index in [0.29, 0.717) is 11.3 Å². The van der Waals surface area contributed by atoms with Gasteiger partial charge in [0, 0.05) is 21.4 Å². The van der Waals surface area contributed by atoms with Crippen LogP contribution in [0, 0.1) is 13.7 Å². The van der Waals surface area contributed by atoms with Crippen molar-refractivity contribution < 1.29 is 9.72 Å². The standard InChI is InChI=1S/C15H11IN2O3/c16-12-6-8-13(9-7-12)17-15(19)10-5-11-3-1-2-4-14(11)18(20)21/h1-10H,(H,17,19)/b10-5+. The fourth-order valence-electron chi connectivity index (χ4n) is 1.68. The van der Waals surface area contributed by atoms with Crippen LogP contribution in [-0.2, 0) is 4.79 Å². The van der Waals surface area contributed by atoms with E-state index in [2.05, 4.69) is 27.9 Å². The van der Waals surface area contributed by atoms with Crippen LogP contribution in [0.3, 0.4) is 0 Å². The van der Waals surface area contributed by atoms with E-state index < -0.39 is 4.92 Å². The van der Waals surface area contributed by atoms with E-state index in [1.807, 2.05) is 12.1 Å². The summed E-state index contributed by atoms with van der Waals surface area (Å²) in [6, 6.07) is 13.6. The second-order valence-electron chi connectivity index (χ2n) is 4.15. The van der Waals surface area contributed by atoms with Crippen molar-refractivity contribution in [2.24, 2.45) is 0 Å². The predicted molar refractivity (Wildman–Crippen MR) is 89.9 cm³/mol. The van der Waals surface area contributed by atoms with Gasteiger partial charge in [0.05, 0.1) is 10.5 Å². The van der Waals surface area contributed by atoms with Gasteiger partial charge in [-0.25, -0.2) is 0 Å². The fourth-order valence-corrected chi connectivity index (χ4v) is 2.04. The molecule has 1 amide bonds. The molecule has 0 aliphatic heterocycles. The van der Waals surface area contributed by atoms with E-state index >= 15 is 0 Å². The third-order valence-corrected chi connectivity index (χ3v) is 3.38. The van der Waals surface area contributed by atoms with E-state index in [4.69, 9.17) is 0 Å². The molecule has 0 fully saturated rings. The lowest BCUT2D eigenvalue weighted by molar-refractivity contribution is -0.385. The Bertz CT molecular complexity index is 696. The number of carbonyl (C=O) groups is 1. The van der Waals surface area contributed by atoms with Gasteiger partial charge < -0.3 is 5.32 Å². The molecule has 1 N–H and O–H groups in total. The first-order chi connectivity index (χ1) is 10.1. The summed E-state index contributed by atoms with van der Waals surface area (Å²) >= 11 is 2.17. The summed E-state index contributed by atoms with van der Waals surface area (Å²) in [7, 11) is 0. The maximum atomic E-state index is 11.8. The number of rotatable bonds is 4. The second kappa shape index (κ2) is 6.98. The topological polar surface area (TPSA) is 72.2 Å². The Morgan fingerprint density at radius 1 is 1.14 bits per heavy atom. The van der Waals surface area contributed by atoms with Gasteiger partial charge in [-0.1, -0.05) is 12.1 Å². The average molecular weight is 394 g/mol. The molecule has 6 heteroatoms. The third kappa shape index (κ3) is 4.38. The number of para-hydroxylation sites is 1. The van der Waals surface area contributed by atoms with Gasteiger partial charge in [-0.05, 0) is 59.0 Å². The molecule has 5 nitrogen and oxygen atoms in total. The molecule has 2 rings (SSSR count). The molecule has 2 aromatic rings. The van der Waals surface area contributed by atoms with Gasteiger partial charge in [-0.15, -0.1) is 0 Å². The SMILES string of the molecule is O=C(/C=C/c1ccccc1[N+](=O)[O-])Nc1ccc(I)cc1. The van der Waals surface area contributed by atoms with Crippen LogP contribution in [-0.4, -0.2) is 10.8 Å². The van der Waals surface area contributed by atoms with Gasteiger partial charge in [-0.3, -0.25) is 14.9 Å². The summed E-state index contributed by atoms with van der Waals surface area (Å²) < 4.78 is 1.07. The highest BCUT2D eigenvalue weighted by molar-refractivity contribution is 14.1. The summed E-state index contributed by atoms with van der Waals surface area (Å²) in [5.41, 5.74) is 1.03. The minimum atomic E-state index is -0.475. The van der Waals surface area contributed by atoms with Gasteiger partial charge in [0.25, 0.3) is 5.69 Å². The molecule has 0 heterocycles. The maximum absolute atomic E-state index is 11.8. The Morgan fingerprint density at radius 2 is 1.81 bits per heavy atom. The number of hydrogen-bond donors (Lipinski definition) is 1. The molecule has 0 bridgehead atoms. The molecule has 0 saturated carbocycles. The number of nitro groups is 1. The van der Waals surface area contributed by atoms with Crippen molar-refractivity contribution in [1.29, 1.82) is 0 Å². The fraction of sp³-hybridized carbons (Fsp3) is 0. The van der Waals surface area contributed by atoms with Crippen LogP contribution in [0.4, 0.5) is 11.4 Å². The quantitative estimate of drug-likeness (QED) is 0.371. The Hall–Kier alpha value is -2.22. The molecular formula is C15H11IN2O3. The molecule has 0 aliphatic carbocycles. The van der Waals surface area contributed by atoms with Gasteiger partial charge in [0.2, 0.25) is 5.91 Å². The third-order valence-electron chi connectivity index (χ3n) is 2.66. The Kier molecular flexibility index (Phi) is 5.04. The lowest BCUT2D eigenvalue weighted by Crippen LogP contribution is -2.07. The molecule has 106 valence electrons. The highest BCUT2D eigenvalue weighted by Crippen LogP contribution is 2.19. The number of halogens is 1. The Morgan fingerprint density at radius 3 is 2.48 bits per heavy atom. The number of nitrogens with zero attached hydrogens (tertiary/aromatic N) is 1. The zero-order chi connectivity index (χ0) is 15.2. The van der Waals surface area contributed by atoms with Gasteiger partial charge >= 0.3 is 0 Å². The highest BCUT2D eigenvalue weighted by Gasteiger charge is 2.09. The molecule has 0 radical (unpaired) electrons. The molecule has 0 aromatic heterocycles. The van der Waals surface area contributed by atoms with E-state index in [9.17, 15) is 14.9 Å². The largest absolute Gasteiger partial charge is 0.323 e. The van der Waals surface area contributed by atoms with Crippen LogP contribution in [0.1, 0.15) is 5.56 Å². The molecule has 21 heavy (non-hydrogen) atoms. The van der Waals surface area contributed by atoms with Crippen LogP contribution >= 0.6 is 22.6 Å². The monoisotopic (exact) mass is 394 g/mol. The van der Waals surface area contributed by atoms with Crippen LogP contribution < -0.4 is 5.32 Å². The van der Waals surface area contributed by atoms with Crippen molar-refractivity contribution in [3.05, 3.63) is 73.9 Å². The van der Waals surface area contributed by atoms with Crippen molar-refractivity contribution in [2.45, 2.75) is 0 Å². The first kappa shape index (κ1) is 15.2. The van der Waals surface area contributed by atoms with Crippen LogP contribution in [0.15, 0.2) is 54.6 Å². The Labute approximate surface area is 135 Å². The number of benzene rings is 2. The van der Waals surface area contributed by atoms with Crippen molar-refractivity contribution in [2.75, 3.05) is 5.32 Å². The number of anilines is 1. The molecule has 0 atom stereocenters. The minimum Gasteiger partial charge on any atom is -0.323 e. The number of nitrogens with one attached hydrogen (secondary N) is 1. The van der Waals surface area contributed by atoms with Crippen molar-refractivity contribution in [3.63, 3.8) is 0 Å². The van der Waals surface area contributed by atoms with E-state index in [0.717, 1.165) is 3.57 Å². The highest BCUT2D eigenvalue weighted by atomic mass is 127. The molecule has 2 aromatic carbocycles. The molecule has 0 spiro atoms. The number of carbonyl (C=O) groups excluding carboxylic acids is 1. The summed E-state index contributed by atoms with van der Waals surface area (Å²) in [4.78, 5) is 22.2. The van der Waals surface area contributed by atoms with Gasteiger partial charge in [-0.2, -0.15) is 0 Å². The lowest BCUT2D eigenvalue weighted by atomic mass is 10.1. The molecule has 0 aliphatic rings. The zero-order valence-corrected chi connectivity index (χ0v) is 13.0. The Balaban J connectivity index is 2.09. The van der Waals surface area contributed by atoms with E-state index in [1.54, 1.807) is 30.3 Å². The summed E-state index contributed by atoms with van der Waals surface area (Å²) in [6.45, 7) is 0. The van der Waals surface area contributed by atoms with Crippen molar-refractivity contribution in [3.8, 4) is 0 Å². The van der Waals surface area contributed by atoms with Crippen LogP contribution in [0.25, 0.3) is 6.08 Å². The molecular weight excluding hydrogens is 383 g/mol. The first-order valence-corrected chi connectivity index (χ1v) is 7.12. The summed E-state index contributed by atoms with van der Waals surface area (Å²) in [5.74, 6) is -0.339. The first-order valence-electron chi connectivity index (χ1n) is 6.04. The predicted octanol–water partition coefficient (Wildman–Crippen LogP) is 3.85. The lowest BCUT2D eigenvalue weighted by Gasteiger charge is -2.02. The number of hydrogen-bond acceptors (Lipinski definition) is 3. The maximum Gasteiger partial charge on any atom is 0.276 e. The number of nitro benzene ring substituents is 1. The summed E-state index contributed by atoms with van der Waals surface area (Å²) in [6.07, 6.45) is 2.71. The normalized spacial score (nSPS) is 10.5.